The van der Waals surface area contributed by atoms with Gasteiger partial charge >= 0.3 is 6.18 Å². The SMILES string of the molecule is CC(C)(C[C@@]1(C(F)(F)F)O[C@@H]1[C-]=O)c1cc(F)cc2c1OCC2.[Y]. The van der Waals surface area contributed by atoms with E-state index < -0.39 is 35.5 Å². The second kappa shape index (κ2) is 6.33. The summed E-state index contributed by atoms with van der Waals surface area (Å²) < 4.78 is 63.9. The van der Waals surface area contributed by atoms with Gasteiger partial charge in [-0.15, -0.1) is 0 Å². The van der Waals surface area contributed by atoms with Crippen LogP contribution < -0.4 is 4.74 Å². The van der Waals surface area contributed by atoms with E-state index in [0.717, 1.165) is 0 Å². The molecule has 2 aliphatic rings. The van der Waals surface area contributed by atoms with Gasteiger partial charge in [-0.2, -0.15) is 13.2 Å². The molecule has 2 atom stereocenters. The smallest absolute Gasteiger partial charge is 0.417 e. The molecule has 0 bridgehead atoms. The predicted molar refractivity (Wildman–Crippen MR) is 72.6 cm³/mol. The van der Waals surface area contributed by atoms with Crippen molar-refractivity contribution in [3.05, 3.63) is 29.1 Å². The molecule has 0 unspecified atom stereocenters. The van der Waals surface area contributed by atoms with Gasteiger partial charge in [-0.05, 0) is 24.0 Å². The van der Waals surface area contributed by atoms with Crippen LogP contribution >= 0.6 is 0 Å². The number of epoxide rings is 1. The summed E-state index contributed by atoms with van der Waals surface area (Å²) in [7, 11) is 0. The number of halogens is 4. The predicted octanol–water partition coefficient (Wildman–Crippen LogP) is 3.24. The molecular formula is C16H15F4O3Y-. The molecule has 24 heavy (non-hydrogen) atoms. The Morgan fingerprint density at radius 2 is 2.00 bits per heavy atom. The van der Waals surface area contributed by atoms with Crippen molar-refractivity contribution in [1.29, 1.82) is 0 Å². The van der Waals surface area contributed by atoms with Crippen molar-refractivity contribution in [3.8, 4) is 5.75 Å². The van der Waals surface area contributed by atoms with Crippen LogP contribution in [-0.4, -0.2) is 30.8 Å². The molecule has 2 heterocycles. The number of carbonyl (C=O) groups excluding carboxylic acids is 1. The quantitative estimate of drug-likeness (QED) is 0.427. The van der Waals surface area contributed by atoms with Crippen molar-refractivity contribution in [2.45, 2.75) is 50.0 Å². The molecule has 2 aliphatic heterocycles. The Balaban J connectivity index is 0.00000208. The van der Waals surface area contributed by atoms with Crippen LogP contribution in [0.5, 0.6) is 5.75 Å². The van der Waals surface area contributed by atoms with Crippen LogP contribution in [0, 0.1) is 5.82 Å². The maximum atomic E-state index is 13.8. The summed E-state index contributed by atoms with van der Waals surface area (Å²) in [6.07, 6.45) is -5.06. The third kappa shape index (κ3) is 3.15. The minimum absolute atomic E-state index is 0. The monoisotopic (exact) mass is 420 g/mol. The number of benzene rings is 1. The van der Waals surface area contributed by atoms with Crippen LogP contribution in [0.15, 0.2) is 12.1 Å². The first-order chi connectivity index (χ1) is 10.6. The van der Waals surface area contributed by atoms with Crippen molar-refractivity contribution in [1.82, 2.24) is 0 Å². The number of hydrogen-bond donors (Lipinski definition) is 0. The topological polar surface area (TPSA) is 38.8 Å². The van der Waals surface area contributed by atoms with Crippen LogP contribution in [0.25, 0.3) is 0 Å². The minimum Gasteiger partial charge on any atom is -0.539 e. The van der Waals surface area contributed by atoms with Crippen molar-refractivity contribution in [3.63, 3.8) is 0 Å². The van der Waals surface area contributed by atoms with Gasteiger partial charge in [0.1, 0.15) is 11.6 Å². The molecule has 1 fully saturated rings. The van der Waals surface area contributed by atoms with Crippen LogP contribution in [-0.2, 0) is 54.1 Å². The van der Waals surface area contributed by atoms with E-state index in [4.69, 9.17) is 4.74 Å². The molecule has 1 aromatic carbocycles. The largest absolute Gasteiger partial charge is 0.539 e. The summed E-state index contributed by atoms with van der Waals surface area (Å²) in [5, 5.41) is 0. The number of hydrogen-bond acceptors (Lipinski definition) is 3. The molecule has 0 spiro atoms. The number of rotatable bonds is 4. The second-order valence-electron chi connectivity index (χ2n) is 6.60. The van der Waals surface area contributed by atoms with E-state index in [2.05, 4.69) is 4.74 Å². The van der Waals surface area contributed by atoms with E-state index in [1.165, 1.54) is 18.4 Å². The second-order valence-corrected chi connectivity index (χ2v) is 6.60. The van der Waals surface area contributed by atoms with E-state index in [0.29, 0.717) is 29.9 Å². The number of ether oxygens (including phenoxy) is 2. The number of fused-ring (bicyclic) bond motifs is 1. The van der Waals surface area contributed by atoms with Crippen LogP contribution in [0.3, 0.4) is 0 Å². The molecule has 1 radical (unpaired) electrons. The van der Waals surface area contributed by atoms with E-state index in [9.17, 15) is 22.4 Å². The number of alkyl halides is 3. The molecule has 0 N–H and O–H groups in total. The summed E-state index contributed by atoms with van der Waals surface area (Å²) >= 11 is 0. The fraction of sp³-hybridized carbons (Fsp3) is 0.562. The summed E-state index contributed by atoms with van der Waals surface area (Å²) in [5.41, 5.74) is -2.66. The summed E-state index contributed by atoms with van der Waals surface area (Å²) in [6, 6.07) is 2.52. The van der Waals surface area contributed by atoms with Crippen molar-refractivity contribution in [2.75, 3.05) is 6.61 Å². The first kappa shape index (κ1) is 19.8. The standard InChI is InChI=1S/C16H15F4O3.Y/c1-14(2,8-15(16(18,19)20)12(7-21)23-15)11-6-10(17)5-9-3-4-22-13(9)11;/h5-6,12H,3-4,8H2,1-2H3;/q-1;/t12-,15-;/m1./s1. The van der Waals surface area contributed by atoms with Gasteiger partial charge < -0.3 is 14.3 Å². The van der Waals surface area contributed by atoms with Gasteiger partial charge in [0.05, 0.1) is 6.61 Å². The molecule has 129 valence electrons. The molecule has 0 saturated carbocycles. The summed E-state index contributed by atoms with van der Waals surface area (Å²) in [4.78, 5) is 10.7. The summed E-state index contributed by atoms with van der Waals surface area (Å²) in [5.74, 6) is -0.0883. The van der Waals surface area contributed by atoms with Crippen LogP contribution in [0.4, 0.5) is 17.6 Å². The Bertz CT molecular complexity index is 659. The normalized spacial score (nSPS) is 25.5. The Morgan fingerprint density at radius 1 is 1.33 bits per heavy atom. The molecule has 3 nitrogen and oxygen atoms in total. The van der Waals surface area contributed by atoms with Gasteiger partial charge in [-0.1, -0.05) is 13.8 Å². The maximum Gasteiger partial charge on any atom is 0.417 e. The summed E-state index contributed by atoms with van der Waals surface area (Å²) in [6.45, 7) is 3.48. The molecule has 0 aliphatic carbocycles. The molecule has 1 saturated heterocycles. The fourth-order valence-corrected chi connectivity index (χ4v) is 3.27. The van der Waals surface area contributed by atoms with Crippen LogP contribution in [0.1, 0.15) is 31.4 Å². The first-order valence-corrected chi connectivity index (χ1v) is 7.19. The van der Waals surface area contributed by atoms with Crippen molar-refractivity contribution < 1.29 is 64.5 Å². The third-order valence-corrected chi connectivity index (χ3v) is 4.46. The molecule has 8 heteroatoms. The zero-order chi connectivity index (χ0) is 17.0. The average Bonchev–Trinajstić information content (AvgIpc) is 2.95. The van der Waals surface area contributed by atoms with Gasteiger partial charge in [0.15, 0.2) is 5.60 Å². The van der Waals surface area contributed by atoms with Crippen molar-refractivity contribution in [2.24, 2.45) is 0 Å². The zero-order valence-corrected chi connectivity index (χ0v) is 16.0. The Kier molecular flexibility index (Phi) is 5.22. The molecule has 3 rings (SSSR count). The van der Waals surface area contributed by atoms with E-state index in [1.54, 1.807) is 13.8 Å². The molecule has 1 aromatic rings. The van der Waals surface area contributed by atoms with Gasteiger partial charge in [0.2, 0.25) is 0 Å². The Morgan fingerprint density at radius 3 is 2.54 bits per heavy atom. The van der Waals surface area contributed by atoms with E-state index in [-0.39, 0.29) is 32.7 Å². The molecule has 0 amide bonds. The Labute approximate surface area is 162 Å². The maximum absolute atomic E-state index is 13.8. The average molecular weight is 420 g/mol. The van der Waals surface area contributed by atoms with E-state index in [1.807, 2.05) is 0 Å². The van der Waals surface area contributed by atoms with Crippen LogP contribution in [0.2, 0.25) is 0 Å². The van der Waals surface area contributed by atoms with E-state index >= 15 is 0 Å². The first-order valence-electron chi connectivity index (χ1n) is 7.19. The zero-order valence-electron chi connectivity index (χ0n) is 13.2. The fourth-order valence-electron chi connectivity index (χ4n) is 3.27. The third-order valence-electron chi connectivity index (χ3n) is 4.46. The van der Waals surface area contributed by atoms with Gasteiger partial charge in [-0.25, -0.2) is 10.7 Å². The van der Waals surface area contributed by atoms with Crippen molar-refractivity contribution >= 4 is 6.29 Å². The minimum atomic E-state index is -4.70. The molecule has 0 aromatic heterocycles. The van der Waals surface area contributed by atoms with Gasteiger partial charge in [0, 0.05) is 56.4 Å². The molecular weight excluding hydrogens is 405 g/mol. The van der Waals surface area contributed by atoms with Gasteiger partial charge in [-0.3, -0.25) is 0 Å². The Hall–Kier alpha value is -0.526. The van der Waals surface area contributed by atoms with Gasteiger partial charge in [0.25, 0.3) is 0 Å².